The summed E-state index contributed by atoms with van der Waals surface area (Å²) in [5.41, 5.74) is 2.92. The highest BCUT2D eigenvalue weighted by Gasteiger charge is 2.33. The Kier molecular flexibility index (Phi) is 5.03. The predicted molar refractivity (Wildman–Crippen MR) is 98.3 cm³/mol. The molecule has 2 N–H and O–H groups in total. The predicted octanol–water partition coefficient (Wildman–Crippen LogP) is 3.48. The van der Waals surface area contributed by atoms with Gasteiger partial charge in [-0.1, -0.05) is 42.5 Å². The zero-order valence-electron chi connectivity index (χ0n) is 14.5. The maximum absolute atomic E-state index is 12.3. The smallest absolute Gasteiger partial charge is 0.319 e. The molecule has 0 spiro atoms. The fourth-order valence-electron chi connectivity index (χ4n) is 3.19. The van der Waals surface area contributed by atoms with Crippen molar-refractivity contribution in [1.29, 1.82) is 0 Å². The van der Waals surface area contributed by atoms with Crippen molar-refractivity contribution in [3.8, 4) is 0 Å². The summed E-state index contributed by atoms with van der Waals surface area (Å²) in [6.07, 6.45) is 0.332. The fourth-order valence-corrected chi connectivity index (χ4v) is 3.19. The Balaban J connectivity index is 1.58. The van der Waals surface area contributed by atoms with E-state index in [9.17, 15) is 9.59 Å². The van der Waals surface area contributed by atoms with Gasteiger partial charge in [-0.3, -0.25) is 4.79 Å². The normalized spacial score (nSPS) is 18.1. The number of benzene rings is 2. The minimum atomic E-state index is -0.280. The van der Waals surface area contributed by atoms with Crippen molar-refractivity contribution in [3.63, 3.8) is 0 Å². The van der Waals surface area contributed by atoms with Gasteiger partial charge in [0.1, 0.15) is 0 Å². The molecule has 1 aliphatic rings. The second-order valence-electron chi connectivity index (χ2n) is 6.50. The van der Waals surface area contributed by atoms with E-state index in [1.807, 2.05) is 73.3 Å². The summed E-state index contributed by atoms with van der Waals surface area (Å²) in [6.45, 7) is 4.51. The number of carbonyl (C=O) groups is 2. The second kappa shape index (κ2) is 7.38. The first kappa shape index (κ1) is 17.0. The van der Waals surface area contributed by atoms with E-state index in [1.54, 1.807) is 0 Å². The van der Waals surface area contributed by atoms with Gasteiger partial charge in [-0.25, -0.2) is 4.79 Å². The summed E-state index contributed by atoms with van der Waals surface area (Å²) in [5.74, 6) is 0.0669. The van der Waals surface area contributed by atoms with E-state index in [-0.39, 0.29) is 24.0 Å². The molecule has 2 aromatic rings. The monoisotopic (exact) mass is 337 g/mol. The lowest BCUT2D eigenvalue weighted by molar-refractivity contribution is -0.129. The molecule has 130 valence electrons. The first-order valence-electron chi connectivity index (χ1n) is 8.51. The van der Waals surface area contributed by atoms with Gasteiger partial charge in [0.2, 0.25) is 5.91 Å². The van der Waals surface area contributed by atoms with Crippen molar-refractivity contribution in [2.24, 2.45) is 0 Å². The molecule has 1 heterocycles. The molecule has 2 aromatic carbocycles. The van der Waals surface area contributed by atoms with E-state index >= 15 is 0 Å². The van der Waals surface area contributed by atoms with Crippen molar-refractivity contribution in [2.45, 2.75) is 32.4 Å². The summed E-state index contributed by atoms with van der Waals surface area (Å²) < 4.78 is 0. The van der Waals surface area contributed by atoms with Crippen LogP contribution in [-0.2, 0) is 4.79 Å². The number of aryl methyl sites for hydroxylation is 1. The Bertz CT molecular complexity index is 761. The average Bonchev–Trinajstić information content (AvgIpc) is 2.95. The minimum Gasteiger partial charge on any atom is -0.334 e. The molecule has 0 aliphatic carbocycles. The van der Waals surface area contributed by atoms with Crippen LogP contribution in [0.25, 0.3) is 0 Å². The molecule has 0 saturated carbocycles. The molecule has 0 aromatic heterocycles. The molecule has 2 atom stereocenters. The van der Waals surface area contributed by atoms with E-state index < -0.39 is 0 Å². The van der Waals surface area contributed by atoms with Crippen LogP contribution < -0.4 is 10.6 Å². The minimum absolute atomic E-state index is 0.000309. The van der Waals surface area contributed by atoms with Gasteiger partial charge in [-0.05, 0) is 37.1 Å². The van der Waals surface area contributed by atoms with E-state index in [1.165, 1.54) is 0 Å². The van der Waals surface area contributed by atoms with Crippen LogP contribution >= 0.6 is 0 Å². The molecule has 5 heteroatoms. The Hall–Kier alpha value is -2.82. The SMILES string of the molecule is Cc1cccc(NC(=O)NC2CC(=O)N(C(C)c3ccccc3)C2)c1. The topological polar surface area (TPSA) is 61.4 Å². The van der Waals surface area contributed by atoms with Gasteiger partial charge in [0.15, 0.2) is 0 Å². The van der Waals surface area contributed by atoms with Crippen molar-refractivity contribution in [1.82, 2.24) is 10.2 Å². The third kappa shape index (κ3) is 4.18. The third-order valence-corrected chi connectivity index (χ3v) is 4.52. The Morgan fingerprint density at radius 2 is 1.92 bits per heavy atom. The first-order chi connectivity index (χ1) is 12.0. The number of urea groups is 1. The van der Waals surface area contributed by atoms with Crippen LogP contribution in [0.3, 0.4) is 0 Å². The Morgan fingerprint density at radius 1 is 1.16 bits per heavy atom. The van der Waals surface area contributed by atoms with E-state index in [0.717, 1.165) is 16.8 Å². The molecular weight excluding hydrogens is 314 g/mol. The number of rotatable bonds is 4. The maximum Gasteiger partial charge on any atom is 0.319 e. The number of anilines is 1. The zero-order valence-corrected chi connectivity index (χ0v) is 14.5. The van der Waals surface area contributed by atoms with Crippen LogP contribution in [0.4, 0.5) is 10.5 Å². The number of nitrogens with zero attached hydrogens (tertiary/aromatic N) is 1. The Morgan fingerprint density at radius 3 is 2.64 bits per heavy atom. The van der Waals surface area contributed by atoms with E-state index in [0.29, 0.717) is 13.0 Å². The lowest BCUT2D eigenvalue weighted by Gasteiger charge is -2.25. The second-order valence-corrected chi connectivity index (χ2v) is 6.50. The summed E-state index contributed by atoms with van der Waals surface area (Å²) in [7, 11) is 0. The van der Waals surface area contributed by atoms with Crippen molar-refractivity contribution in [2.75, 3.05) is 11.9 Å². The quantitative estimate of drug-likeness (QED) is 0.897. The van der Waals surface area contributed by atoms with Crippen molar-refractivity contribution < 1.29 is 9.59 Å². The summed E-state index contributed by atoms with van der Waals surface area (Å²) in [4.78, 5) is 26.3. The number of carbonyl (C=O) groups excluding carboxylic acids is 2. The van der Waals surface area contributed by atoms with Gasteiger partial charge < -0.3 is 15.5 Å². The third-order valence-electron chi connectivity index (χ3n) is 4.52. The number of amides is 3. The zero-order chi connectivity index (χ0) is 17.8. The van der Waals surface area contributed by atoms with Crippen LogP contribution in [0.1, 0.15) is 30.5 Å². The number of hydrogen-bond donors (Lipinski definition) is 2. The molecule has 3 amide bonds. The fraction of sp³-hybridized carbons (Fsp3) is 0.300. The van der Waals surface area contributed by atoms with Crippen LogP contribution in [0.2, 0.25) is 0 Å². The molecule has 5 nitrogen and oxygen atoms in total. The molecule has 3 rings (SSSR count). The van der Waals surface area contributed by atoms with E-state index in [4.69, 9.17) is 0 Å². The van der Waals surface area contributed by atoms with Gasteiger partial charge in [-0.2, -0.15) is 0 Å². The Labute approximate surface area is 148 Å². The molecule has 1 fully saturated rings. The standard InChI is InChI=1S/C20H23N3O2/c1-14-7-6-10-17(11-14)21-20(25)22-18-12-19(24)23(13-18)15(2)16-8-4-3-5-9-16/h3-11,15,18H,12-13H2,1-2H3,(H2,21,22,25). The van der Waals surface area contributed by atoms with Gasteiger partial charge in [0.05, 0.1) is 12.1 Å². The maximum atomic E-state index is 12.3. The summed E-state index contributed by atoms with van der Waals surface area (Å²) in [5, 5.41) is 5.72. The molecule has 1 saturated heterocycles. The van der Waals surface area contributed by atoms with Gasteiger partial charge in [0.25, 0.3) is 0 Å². The van der Waals surface area contributed by atoms with Crippen LogP contribution in [-0.4, -0.2) is 29.4 Å². The highest BCUT2D eigenvalue weighted by molar-refractivity contribution is 5.90. The number of hydrogen-bond acceptors (Lipinski definition) is 2. The van der Waals surface area contributed by atoms with Crippen LogP contribution in [0.15, 0.2) is 54.6 Å². The van der Waals surface area contributed by atoms with Crippen LogP contribution in [0.5, 0.6) is 0 Å². The molecule has 2 unspecified atom stereocenters. The largest absolute Gasteiger partial charge is 0.334 e. The number of nitrogens with one attached hydrogen (secondary N) is 2. The average molecular weight is 337 g/mol. The highest BCUT2D eigenvalue weighted by atomic mass is 16.2. The lowest BCUT2D eigenvalue weighted by Crippen LogP contribution is -2.40. The number of likely N-dealkylation sites (tertiary alicyclic amines) is 1. The van der Waals surface area contributed by atoms with Gasteiger partial charge in [0, 0.05) is 18.7 Å². The molecule has 0 radical (unpaired) electrons. The summed E-state index contributed by atoms with van der Waals surface area (Å²) in [6, 6.07) is 17.1. The van der Waals surface area contributed by atoms with Crippen molar-refractivity contribution >= 4 is 17.6 Å². The van der Waals surface area contributed by atoms with Gasteiger partial charge >= 0.3 is 6.03 Å². The molecule has 1 aliphatic heterocycles. The highest BCUT2D eigenvalue weighted by Crippen LogP contribution is 2.25. The molecule has 25 heavy (non-hydrogen) atoms. The first-order valence-corrected chi connectivity index (χ1v) is 8.51. The summed E-state index contributed by atoms with van der Waals surface area (Å²) >= 11 is 0. The van der Waals surface area contributed by atoms with Crippen LogP contribution in [0, 0.1) is 6.92 Å². The lowest BCUT2D eigenvalue weighted by atomic mass is 10.1. The van der Waals surface area contributed by atoms with E-state index in [2.05, 4.69) is 10.6 Å². The molecule has 0 bridgehead atoms. The van der Waals surface area contributed by atoms with Gasteiger partial charge in [-0.15, -0.1) is 0 Å². The molecular formula is C20H23N3O2. The van der Waals surface area contributed by atoms with Crippen molar-refractivity contribution in [3.05, 3.63) is 65.7 Å².